The van der Waals surface area contributed by atoms with Crippen molar-refractivity contribution < 1.29 is 14.7 Å². The smallest absolute Gasteiger partial charge is 0.243 e. The van der Waals surface area contributed by atoms with E-state index in [1.807, 2.05) is 36.7 Å². The monoisotopic (exact) mass is 468 g/mol. The lowest BCUT2D eigenvalue weighted by Gasteiger charge is -2.51. The summed E-state index contributed by atoms with van der Waals surface area (Å²) in [5, 5.41) is 16.8. The summed E-state index contributed by atoms with van der Waals surface area (Å²) in [5.74, 6) is -0.208. The Kier molecular flexibility index (Phi) is 6.24. The van der Waals surface area contributed by atoms with Crippen LogP contribution in [0.2, 0.25) is 0 Å². The van der Waals surface area contributed by atoms with Gasteiger partial charge in [-0.15, -0.1) is 11.3 Å². The van der Waals surface area contributed by atoms with Crippen LogP contribution in [0.5, 0.6) is 0 Å². The third kappa shape index (κ3) is 4.56. The van der Waals surface area contributed by atoms with Gasteiger partial charge in [0.1, 0.15) is 6.04 Å². The van der Waals surface area contributed by atoms with Gasteiger partial charge in [-0.2, -0.15) is 0 Å². The molecule has 5 rings (SSSR count). The van der Waals surface area contributed by atoms with Crippen molar-refractivity contribution in [2.45, 2.75) is 69.7 Å². The van der Waals surface area contributed by atoms with E-state index in [2.05, 4.69) is 15.6 Å². The van der Waals surface area contributed by atoms with Crippen molar-refractivity contribution in [3.63, 3.8) is 0 Å². The Morgan fingerprint density at radius 1 is 1.27 bits per heavy atom. The molecule has 3 heterocycles. The number of aromatic nitrogens is 1. The van der Waals surface area contributed by atoms with Crippen molar-refractivity contribution in [1.29, 1.82) is 0 Å². The third-order valence-corrected chi connectivity index (χ3v) is 8.48. The van der Waals surface area contributed by atoms with E-state index < -0.39 is 12.1 Å². The lowest BCUT2D eigenvalue weighted by molar-refractivity contribution is -0.147. The van der Waals surface area contributed by atoms with Gasteiger partial charge in [0, 0.05) is 31.0 Å². The number of carbonyl (C=O) groups is 2. The molecule has 7 nitrogen and oxygen atoms in total. The van der Waals surface area contributed by atoms with E-state index in [-0.39, 0.29) is 29.8 Å². The summed E-state index contributed by atoms with van der Waals surface area (Å²) in [5.41, 5.74) is 5.10. The molecule has 2 amide bonds. The highest BCUT2D eigenvalue weighted by Gasteiger charge is 2.51. The van der Waals surface area contributed by atoms with Gasteiger partial charge in [0.05, 0.1) is 22.2 Å². The number of aliphatic hydroxyl groups excluding tert-OH is 1. The molecule has 1 spiro atoms. The quantitative estimate of drug-likeness (QED) is 0.627. The zero-order chi connectivity index (χ0) is 23.0. The standard InChI is InChI=1S/C25H32N4O3S/c1-16-22(33-15-27-16)18-6-4-17(5-7-18)13-26-23(31)21-10-20(30)14-29(21)24(32)19-11-25(12-19)8-2-3-9-28-25/h4-7,15,19-21,28,30H,2-3,8-14H2,1H3,(H,26,31)/t19?,20-,21+,25?/m1/s1. The van der Waals surface area contributed by atoms with Crippen molar-refractivity contribution in [1.82, 2.24) is 20.5 Å². The molecule has 0 bridgehead atoms. The topological polar surface area (TPSA) is 94.6 Å². The Balaban J connectivity index is 1.17. The number of aryl methyl sites for hydroxylation is 1. The van der Waals surface area contributed by atoms with Crippen molar-refractivity contribution in [2.75, 3.05) is 13.1 Å². The summed E-state index contributed by atoms with van der Waals surface area (Å²) in [4.78, 5) is 33.2. The summed E-state index contributed by atoms with van der Waals surface area (Å²) < 4.78 is 0. The number of hydrogen-bond donors (Lipinski definition) is 3. The van der Waals surface area contributed by atoms with E-state index in [0.29, 0.717) is 13.0 Å². The zero-order valence-electron chi connectivity index (χ0n) is 19.0. The van der Waals surface area contributed by atoms with Gasteiger partial charge in [-0.1, -0.05) is 30.7 Å². The fourth-order valence-electron chi connectivity index (χ4n) is 5.64. The molecule has 0 unspecified atom stereocenters. The molecule has 2 aliphatic heterocycles. The minimum atomic E-state index is -0.645. The minimum absolute atomic E-state index is 0.0222. The van der Waals surface area contributed by atoms with Crippen LogP contribution in [0, 0.1) is 12.8 Å². The number of piperidine rings is 1. The molecule has 8 heteroatoms. The molecule has 2 aromatic rings. The second-order valence-electron chi connectivity index (χ2n) is 9.85. The van der Waals surface area contributed by atoms with Gasteiger partial charge in [-0.05, 0) is 50.3 Å². The third-order valence-electron chi connectivity index (χ3n) is 7.50. The molecule has 1 saturated carbocycles. The maximum Gasteiger partial charge on any atom is 0.243 e. The van der Waals surface area contributed by atoms with Gasteiger partial charge >= 0.3 is 0 Å². The normalized spacial score (nSPS) is 29.2. The molecule has 1 aliphatic carbocycles. The van der Waals surface area contributed by atoms with Gasteiger partial charge in [-0.25, -0.2) is 4.98 Å². The van der Waals surface area contributed by atoms with E-state index in [4.69, 9.17) is 0 Å². The summed E-state index contributed by atoms with van der Waals surface area (Å²) in [6.07, 6.45) is 4.90. The highest BCUT2D eigenvalue weighted by Crippen LogP contribution is 2.44. The summed E-state index contributed by atoms with van der Waals surface area (Å²) in [7, 11) is 0. The van der Waals surface area contributed by atoms with Gasteiger partial charge in [0.15, 0.2) is 0 Å². The Morgan fingerprint density at radius 3 is 2.73 bits per heavy atom. The first-order valence-electron chi connectivity index (χ1n) is 11.9. The number of rotatable bonds is 5. The molecule has 3 N–H and O–H groups in total. The molecule has 3 fully saturated rings. The minimum Gasteiger partial charge on any atom is -0.391 e. The van der Waals surface area contributed by atoms with Gasteiger partial charge < -0.3 is 20.6 Å². The largest absolute Gasteiger partial charge is 0.391 e. The van der Waals surface area contributed by atoms with Crippen LogP contribution in [0.25, 0.3) is 10.4 Å². The number of nitrogens with one attached hydrogen (secondary N) is 2. The molecule has 1 aromatic carbocycles. The van der Waals surface area contributed by atoms with Crippen molar-refractivity contribution in [3.05, 3.63) is 41.0 Å². The molecule has 0 radical (unpaired) electrons. The van der Waals surface area contributed by atoms with Crippen LogP contribution in [-0.4, -0.2) is 57.6 Å². The number of hydrogen-bond acceptors (Lipinski definition) is 6. The Morgan fingerprint density at radius 2 is 2.06 bits per heavy atom. The number of amides is 2. The van der Waals surface area contributed by atoms with Crippen LogP contribution in [0.15, 0.2) is 29.8 Å². The SMILES string of the molecule is Cc1ncsc1-c1ccc(CNC(=O)[C@@H]2C[C@@H](O)CN2C(=O)C2CC3(CCCCN3)C2)cc1. The maximum atomic E-state index is 13.2. The van der Waals surface area contributed by atoms with Crippen LogP contribution in [0.3, 0.4) is 0 Å². The number of benzene rings is 1. The molecule has 176 valence electrons. The van der Waals surface area contributed by atoms with E-state index >= 15 is 0 Å². The van der Waals surface area contributed by atoms with Crippen molar-refractivity contribution >= 4 is 23.2 Å². The Labute approximate surface area is 198 Å². The molecule has 1 aromatic heterocycles. The number of aliphatic hydroxyl groups is 1. The van der Waals surface area contributed by atoms with Crippen LogP contribution in [0.4, 0.5) is 0 Å². The zero-order valence-corrected chi connectivity index (χ0v) is 19.9. The lowest BCUT2D eigenvalue weighted by atomic mass is 9.64. The predicted octanol–water partition coefficient (Wildman–Crippen LogP) is 2.62. The molecule has 33 heavy (non-hydrogen) atoms. The van der Waals surface area contributed by atoms with E-state index in [1.54, 1.807) is 16.2 Å². The van der Waals surface area contributed by atoms with Gasteiger partial charge in [0.25, 0.3) is 0 Å². The number of β-amino-alcohol motifs (C(OH)–C–C–N with tert-alkyl or cyclic N) is 1. The van der Waals surface area contributed by atoms with E-state index in [9.17, 15) is 14.7 Å². The highest BCUT2D eigenvalue weighted by molar-refractivity contribution is 7.13. The second-order valence-corrected chi connectivity index (χ2v) is 10.7. The van der Waals surface area contributed by atoms with Crippen molar-refractivity contribution in [2.24, 2.45) is 5.92 Å². The number of nitrogens with zero attached hydrogens (tertiary/aromatic N) is 2. The fraction of sp³-hybridized carbons (Fsp3) is 0.560. The average molecular weight is 469 g/mol. The van der Waals surface area contributed by atoms with Gasteiger partial charge in [0.2, 0.25) is 11.8 Å². The van der Waals surface area contributed by atoms with Crippen LogP contribution in [0.1, 0.15) is 49.8 Å². The first kappa shape index (κ1) is 22.5. The Bertz CT molecular complexity index is 1010. The fourth-order valence-corrected chi connectivity index (χ4v) is 6.45. The summed E-state index contributed by atoms with van der Waals surface area (Å²) in [6.45, 7) is 3.67. The number of likely N-dealkylation sites (tertiary alicyclic amines) is 1. The highest BCUT2D eigenvalue weighted by atomic mass is 32.1. The first-order valence-corrected chi connectivity index (χ1v) is 12.8. The van der Waals surface area contributed by atoms with Crippen molar-refractivity contribution in [3.8, 4) is 10.4 Å². The Hall–Kier alpha value is -2.29. The molecular weight excluding hydrogens is 436 g/mol. The van der Waals surface area contributed by atoms with Crippen LogP contribution >= 0.6 is 11.3 Å². The maximum absolute atomic E-state index is 13.2. The molecular formula is C25H32N4O3S. The molecule has 3 aliphatic rings. The van der Waals surface area contributed by atoms with Crippen LogP contribution in [-0.2, 0) is 16.1 Å². The first-order chi connectivity index (χ1) is 15.9. The molecule has 2 atom stereocenters. The molecule has 2 saturated heterocycles. The number of thiazole rings is 1. The summed E-state index contributed by atoms with van der Waals surface area (Å²) in [6, 6.07) is 7.51. The summed E-state index contributed by atoms with van der Waals surface area (Å²) >= 11 is 1.62. The van der Waals surface area contributed by atoms with E-state index in [1.165, 1.54) is 12.8 Å². The van der Waals surface area contributed by atoms with Crippen LogP contribution < -0.4 is 10.6 Å². The predicted molar refractivity (Wildman–Crippen MR) is 128 cm³/mol. The second kappa shape index (κ2) is 9.16. The number of carbonyl (C=O) groups excluding carboxylic acids is 2. The lowest BCUT2D eigenvalue weighted by Crippen LogP contribution is -2.61. The average Bonchev–Trinajstić information content (AvgIpc) is 3.41. The van der Waals surface area contributed by atoms with E-state index in [0.717, 1.165) is 47.5 Å². The van der Waals surface area contributed by atoms with Gasteiger partial charge in [-0.3, -0.25) is 9.59 Å².